The molecule has 19 heavy (non-hydrogen) atoms. The fourth-order valence-corrected chi connectivity index (χ4v) is 2.20. The fourth-order valence-electron chi connectivity index (χ4n) is 2.20. The number of esters is 1. The van der Waals surface area contributed by atoms with Crippen LogP contribution in [0.5, 0.6) is 5.75 Å². The molecule has 1 heterocycles. The van der Waals surface area contributed by atoms with Crippen molar-refractivity contribution >= 4 is 17.6 Å². The van der Waals surface area contributed by atoms with Crippen LogP contribution < -0.4 is 10.1 Å². The summed E-state index contributed by atoms with van der Waals surface area (Å²) < 4.78 is 10.5. The molecule has 1 unspecified atom stereocenters. The number of amides is 1. The van der Waals surface area contributed by atoms with Gasteiger partial charge in [0.05, 0.1) is 13.2 Å². The zero-order chi connectivity index (χ0) is 14.0. The van der Waals surface area contributed by atoms with Gasteiger partial charge in [0, 0.05) is 18.2 Å². The Kier molecular flexibility index (Phi) is 3.74. The number of hydrogen-bond acceptors (Lipinski definition) is 4. The molecule has 0 saturated heterocycles. The van der Waals surface area contributed by atoms with Crippen molar-refractivity contribution in [3.63, 3.8) is 0 Å². The van der Waals surface area contributed by atoms with E-state index in [0.29, 0.717) is 17.0 Å². The topological polar surface area (TPSA) is 64.6 Å². The number of methoxy groups -OCH3 is 1. The Bertz CT molecular complexity index is 524. The summed E-state index contributed by atoms with van der Waals surface area (Å²) in [5, 5.41) is 2.76. The summed E-state index contributed by atoms with van der Waals surface area (Å²) in [7, 11) is 1.34. The molecule has 0 spiro atoms. The van der Waals surface area contributed by atoms with Gasteiger partial charge in [-0.15, -0.1) is 0 Å². The van der Waals surface area contributed by atoms with Gasteiger partial charge in [-0.2, -0.15) is 0 Å². The number of carbonyl (C=O) groups excluding carboxylic acids is 2. The molecule has 1 aromatic carbocycles. The summed E-state index contributed by atoms with van der Waals surface area (Å²) in [6, 6.07) is 3.33. The fraction of sp³-hybridized carbons (Fsp3) is 0.429. The van der Waals surface area contributed by atoms with Gasteiger partial charge >= 0.3 is 5.97 Å². The predicted octanol–water partition coefficient (Wildman–Crippen LogP) is 2.15. The van der Waals surface area contributed by atoms with E-state index in [1.165, 1.54) is 14.0 Å². The highest BCUT2D eigenvalue weighted by Crippen LogP contribution is 2.37. The van der Waals surface area contributed by atoms with Crippen molar-refractivity contribution < 1.29 is 19.1 Å². The summed E-state index contributed by atoms with van der Waals surface area (Å²) in [6.45, 7) is 3.40. The molecule has 5 nitrogen and oxygen atoms in total. The Morgan fingerprint density at radius 3 is 2.79 bits per heavy atom. The van der Waals surface area contributed by atoms with Crippen LogP contribution in [0.4, 0.5) is 5.69 Å². The third-order valence-electron chi connectivity index (χ3n) is 3.10. The number of anilines is 1. The summed E-state index contributed by atoms with van der Waals surface area (Å²) >= 11 is 0. The van der Waals surface area contributed by atoms with Crippen LogP contribution in [0.3, 0.4) is 0 Å². The van der Waals surface area contributed by atoms with Crippen LogP contribution in [0.2, 0.25) is 0 Å². The highest BCUT2D eigenvalue weighted by molar-refractivity contribution is 5.96. The first-order valence-corrected chi connectivity index (χ1v) is 6.21. The average Bonchev–Trinajstić information content (AvgIpc) is 2.37. The molecule has 2 rings (SSSR count). The minimum atomic E-state index is -0.431. The third-order valence-corrected chi connectivity index (χ3v) is 3.10. The molecule has 0 saturated carbocycles. The molecule has 0 fully saturated rings. The lowest BCUT2D eigenvalue weighted by atomic mass is 9.97. The van der Waals surface area contributed by atoms with E-state index in [4.69, 9.17) is 9.47 Å². The van der Waals surface area contributed by atoms with Gasteiger partial charge in [-0.25, -0.2) is 4.79 Å². The lowest BCUT2D eigenvalue weighted by Crippen LogP contribution is -2.23. The van der Waals surface area contributed by atoms with Crippen LogP contribution >= 0.6 is 0 Å². The van der Waals surface area contributed by atoms with Crippen LogP contribution in [0.1, 0.15) is 36.2 Å². The molecule has 0 bridgehead atoms. The largest absolute Gasteiger partial charge is 0.489 e. The van der Waals surface area contributed by atoms with Gasteiger partial charge in [-0.3, -0.25) is 4.79 Å². The van der Waals surface area contributed by atoms with E-state index in [9.17, 15) is 9.59 Å². The molecule has 1 atom stereocenters. The predicted molar refractivity (Wildman–Crippen MR) is 70.5 cm³/mol. The van der Waals surface area contributed by atoms with Crippen molar-refractivity contribution in [2.24, 2.45) is 0 Å². The van der Waals surface area contributed by atoms with E-state index < -0.39 is 5.97 Å². The molecule has 1 aliphatic heterocycles. The van der Waals surface area contributed by atoms with E-state index in [0.717, 1.165) is 18.4 Å². The molecular weight excluding hydrogens is 246 g/mol. The molecule has 1 N–H and O–H groups in total. The van der Waals surface area contributed by atoms with Crippen LogP contribution in [0.15, 0.2) is 12.1 Å². The van der Waals surface area contributed by atoms with Gasteiger partial charge in [0.1, 0.15) is 11.3 Å². The maximum atomic E-state index is 11.7. The lowest BCUT2D eigenvalue weighted by molar-refractivity contribution is -0.114. The minimum Gasteiger partial charge on any atom is -0.489 e. The van der Waals surface area contributed by atoms with Gasteiger partial charge in [-0.05, 0) is 31.9 Å². The van der Waals surface area contributed by atoms with Crippen LogP contribution in [0, 0.1) is 0 Å². The third kappa shape index (κ3) is 2.70. The van der Waals surface area contributed by atoms with Gasteiger partial charge in [-0.1, -0.05) is 0 Å². The minimum absolute atomic E-state index is 0.0449. The summed E-state index contributed by atoms with van der Waals surface area (Å²) in [5.74, 6) is -0.0526. The van der Waals surface area contributed by atoms with E-state index in [-0.39, 0.29) is 12.0 Å². The highest BCUT2D eigenvalue weighted by atomic mass is 16.5. The number of fused-ring (bicyclic) bond motifs is 1. The smallest absolute Gasteiger partial charge is 0.341 e. The maximum Gasteiger partial charge on any atom is 0.341 e. The Labute approximate surface area is 111 Å². The van der Waals surface area contributed by atoms with Crippen molar-refractivity contribution in [2.45, 2.75) is 32.8 Å². The zero-order valence-corrected chi connectivity index (χ0v) is 11.3. The first-order chi connectivity index (χ1) is 9.02. The molecule has 0 radical (unpaired) electrons. The molecule has 1 aromatic rings. The Balaban J connectivity index is 2.50. The quantitative estimate of drug-likeness (QED) is 0.830. The SMILES string of the molecule is COC(=O)c1ccc(NC(C)=O)c2c1OC(C)CC2. The summed E-state index contributed by atoms with van der Waals surface area (Å²) in [4.78, 5) is 22.9. The molecule has 1 amide bonds. The summed E-state index contributed by atoms with van der Waals surface area (Å²) in [6.07, 6.45) is 1.66. The van der Waals surface area contributed by atoms with Gasteiger partial charge in [0.25, 0.3) is 0 Å². The number of nitrogens with one attached hydrogen (secondary N) is 1. The van der Waals surface area contributed by atoms with Gasteiger partial charge in [0.2, 0.25) is 5.91 Å². The highest BCUT2D eigenvalue weighted by Gasteiger charge is 2.25. The lowest BCUT2D eigenvalue weighted by Gasteiger charge is -2.26. The first kappa shape index (κ1) is 13.4. The number of hydrogen-bond donors (Lipinski definition) is 1. The van der Waals surface area contributed by atoms with Gasteiger partial charge < -0.3 is 14.8 Å². The van der Waals surface area contributed by atoms with Crippen molar-refractivity contribution in [1.29, 1.82) is 0 Å². The van der Waals surface area contributed by atoms with E-state index in [1.54, 1.807) is 12.1 Å². The summed E-state index contributed by atoms with van der Waals surface area (Å²) in [5.41, 5.74) is 1.96. The monoisotopic (exact) mass is 263 g/mol. The Morgan fingerprint density at radius 2 is 2.16 bits per heavy atom. The molecule has 102 valence electrons. The van der Waals surface area contributed by atoms with Crippen molar-refractivity contribution in [2.75, 3.05) is 12.4 Å². The average molecular weight is 263 g/mol. The number of rotatable bonds is 2. The second-order valence-corrected chi connectivity index (χ2v) is 4.61. The van der Waals surface area contributed by atoms with E-state index in [1.807, 2.05) is 6.92 Å². The molecule has 0 aliphatic carbocycles. The maximum absolute atomic E-state index is 11.7. The molecule has 0 aromatic heterocycles. The van der Waals surface area contributed by atoms with E-state index >= 15 is 0 Å². The zero-order valence-electron chi connectivity index (χ0n) is 11.3. The molecule has 1 aliphatic rings. The van der Waals surface area contributed by atoms with E-state index in [2.05, 4.69) is 5.32 Å². The first-order valence-electron chi connectivity index (χ1n) is 6.21. The standard InChI is InChI=1S/C14H17NO4/c1-8-4-5-10-12(15-9(2)16)7-6-11(13(10)19-8)14(17)18-3/h6-8H,4-5H2,1-3H3,(H,15,16). The number of benzene rings is 1. The van der Waals surface area contributed by atoms with Crippen LogP contribution in [-0.4, -0.2) is 25.1 Å². The Morgan fingerprint density at radius 1 is 1.42 bits per heavy atom. The molecular formula is C14H17NO4. The number of ether oxygens (including phenoxy) is 2. The van der Waals surface area contributed by atoms with Crippen molar-refractivity contribution in [3.05, 3.63) is 23.3 Å². The second-order valence-electron chi connectivity index (χ2n) is 4.61. The second kappa shape index (κ2) is 5.30. The van der Waals surface area contributed by atoms with Crippen LogP contribution in [-0.2, 0) is 16.0 Å². The van der Waals surface area contributed by atoms with Crippen molar-refractivity contribution in [1.82, 2.24) is 0 Å². The normalized spacial score (nSPS) is 17.1. The number of carbonyl (C=O) groups is 2. The van der Waals surface area contributed by atoms with Crippen molar-refractivity contribution in [3.8, 4) is 5.75 Å². The molecule has 5 heteroatoms. The van der Waals surface area contributed by atoms with Crippen LogP contribution in [0.25, 0.3) is 0 Å². The Hall–Kier alpha value is -2.04. The van der Waals surface area contributed by atoms with Gasteiger partial charge in [0.15, 0.2) is 0 Å².